The minimum Gasteiger partial charge on any atom is -0.381 e. The molecule has 0 radical (unpaired) electrons. The molecule has 3 nitrogen and oxygen atoms in total. The van der Waals surface area contributed by atoms with Gasteiger partial charge in [0.1, 0.15) is 0 Å². The van der Waals surface area contributed by atoms with E-state index in [2.05, 4.69) is 19.2 Å². The van der Waals surface area contributed by atoms with Gasteiger partial charge < -0.3 is 14.8 Å². The summed E-state index contributed by atoms with van der Waals surface area (Å²) in [6.07, 6.45) is 8.02. The van der Waals surface area contributed by atoms with E-state index in [1.807, 2.05) is 0 Å². The topological polar surface area (TPSA) is 30.5 Å². The van der Waals surface area contributed by atoms with Gasteiger partial charge in [-0.05, 0) is 39.0 Å². The Hall–Kier alpha value is -0.120. The molecule has 1 saturated carbocycles. The average Bonchev–Trinajstić information content (AvgIpc) is 2.35. The molecule has 1 aliphatic rings. The van der Waals surface area contributed by atoms with Crippen LogP contribution in [0.5, 0.6) is 0 Å². The Morgan fingerprint density at radius 2 is 2.06 bits per heavy atom. The van der Waals surface area contributed by atoms with Crippen LogP contribution in [0.2, 0.25) is 0 Å². The van der Waals surface area contributed by atoms with Gasteiger partial charge in [0.05, 0.1) is 18.8 Å². The van der Waals surface area contributed by atoms with Gasteiger partial charge in [-0.1, -0.05) is 13.3 Å². The highest BCUT2D eigenvalue weighted by atomic mass is 16.5. The van der Waals surface area contributed by atoms with Crippen molar-refractivity contribution < 1.29 is 9.47 Å². The summed E-state index contributed by atoms with van der Waals surface area (Å²) < 4.78 is 11.3. The second-order valence-electron chi connectivity index (χ2n) is 5.16. The molecule has 1 rings (SSSR count). The van der Waals surface area contributed by atoms with Gasteiger partial charge >= 0.3 is 0 Å². The van der Waals surface area contributed by atoms with Crippen molar-refractivity contribution in [2.75, 3.05) is 20.3 Å². The highest BCUT2D eigenvalue weighted by Crippen LogP contribution is 2.22. The van der Waals surface area contributed by atoms with Crippen LogP contribution in [0.1, 0.15) is 52.4 Å². The first kappa shape index (κ1) is 14.9. The average molecular weight is 243 g/mol. The summed E-state index contributed by atoms with van der Waals surface area (Å²) in [6.45, 7) is 6.26. The molecule has 0 aromatic heterocycles. The second-order valence-corrected chi connectivity index (χ2v) is 5.16. The number of hydrogen-bond acceptors (Lipinski definition) is 3. The molecule has 0 spiro atoms. The molecular weight excluding hydrogens is 214 g/mol. The maximum atomic E-state index is 5.90. The minimum atomic E-state index is 0.414. The Labute approximate surface area is 106 Å². The summed E-state index contributed by atoms with van der Waals surface area (Å²) in [6, 6.07) is 0.613. The van der Waals surface area contributed by atoms with Crippen LogP contribution in [-0.2, 0) is 9.47 Å². The van der Waals surface area contributed by atoms with Crippen molar-refractivity contribution in [2.24, 2.45) is 0 Å². The summed E-state index contributed by atoms with van der Waals surface area (Å²) in [5, 5.41) is 3.49. The maximum absolute atomic E-state index is 5.90. The zero-order valence-electron chi connectivity index (χ0n) is 11.7. The van der Waals surface area contributed by atoms with E-state index in [1.165, 1.54) is 32.1 Å². The lowest BCUT2D eigenvalue weighted by molar-refractivity contribution is -0.0285. The molecular formula is C14H29NO2. The predicted molar refractivity (Wildman–Crippen MR) is 71.4 cm³/mol. The largest absolute Gasteiger partial charge is 0.381 e. The van der Waals surface area contributed by atoms with Crippen LogP contribution in [0.3, 0.4) is 0 Å². The van der Waals surface area contributed by atoms with Gasteiger partial charge in [-0.2, -0.15) is 0 Å². The lowest BCUT2D eigenvalue weighted by atomic mass is 9.95. The Morgan fingerprint density at radius 3 is 2.76 bits per heavy atom. The molecule has 3 unspecified atom stereocenters. The Morgan fingerprint density at radius 1 is 1.29 bits per heavy atom. The fourth-order valence-corrected chi connectivity index (χ4v) is 2.53. The number of methoxy groups -OCH3 is 1. The van der Waals surface area contributed by atoms with Gasteiger partial charge in [0.25, 0.3) is 0 Å². The highest BCUT2D eigenvalue weighted by molar-refractivity contribution is 4.73. The summed E-state index contributed by atoms with van der Waals surface area (Å²) >= 11 is 0. The van der Waals surface area contributed by atoms with Gasteiger partial charge in [-0.3, -0.25) is 0 Å². The molecule has 0 aliphatic heterocycles. The molecule has 0 saturated heterocycles. The normalized spacial score (nSPS) is 27.0. The Balaban J connectivity index is 2.02. The number of hydrogen-bond donors (Lipinski definition) is 1. The SMILES string of the molecule is CCCC(C)NCCOC1CCCC(OC)C1. The van der Waals surface area contributed by atoms with Gasteiger partial charge in [0.15, 0.2) is 0 Å². The lowest BCUT2D eigenvalue weighted by Gasteiger charge is -2.28. The highest BCUT2D eigenvalue weighted by Gasteiger charge is 2.21. The molecule has 1 aliphatic carbocycles. The molecule has 0 aromatic carbocycles. The maximum Gasteiger partial charge on any atom is 0.0600 e. The second kappa shape index (κ2) is 8.90. The van der Waals surface area contributed by atoms with Crippen LogP contribution in [0.25, 0.3) is 0 Å². The molecule has 1 fully saturated rings. The third-order valence-corrected chi connectivity index (χ3v) is 3.58. The summed E-state index contributed by atoms with van der Waals surface area (Å²) in [5.41, 5.74) is 0. The molecule has 3 atom stereocenters. The van der Waals surface area contributed by atoms with Crippen LogP contribution in [0.4, 0.5) is 0 Å². The third-order valence-electron chi connectivity index (χ3n) is 3.58. The van der Waals surface area contributed by atoms with Gasteiger partial charge in [0, 0.05) is 19.7 Å². The first-order valence-corrected chi connectivity index (χ1v) is 7.14. The minimum absolute atomic E-state index is 0.414. The Bertz CT molecular complexity index is 187. The molecule has 0 heterocycles. The van der Waals surface area contributed by atoms with Crippen LogP contribution >= 0.6 is 0 Å². The third kappa shape index (κ3) is 6.39. The van der Waals surface area contributed by atoms with Crippen molar-refractivity contribution in [3.05, 3.63) is 0 Å². The van der Waals surface area contributed by atoms with E-state index >= 15 is 0 Å². The van der Waals surface area contributed by atoms with E-state index in [9.17, 15) is 0 Å². The van der Waals surface area contributed by atoms with E-state index in [0.29, 0.717) is 18.2 Å². The standard InChI is InChI=1S/C14H29NO2/c1-4-6-12(2)15-9-10-17-14-8-5-7-13(11-14)16-3/h12-15H,4-11H2,1-3H3. The fourth-order valence-electron chi connectivity index (χ4n) is 2.53. The summed E-state index contributed by atoms with van der Waals surface area (Å²) in [4.78, 5) is 0. The monoisotopic (exact) mass is 243 g/mol. The molecule has 0 amide bonds. The van der Waals surface area contributed by atoms with Crippen molar-refractivity contribution >= 4 is 0 Å². The zero-order chi connectivity index (χ0) is 12.5. The molecule has 102 valence electrons. The van der Waals surface area contributed by atoms with Crippen molar-refractivity contribution in [3.63, 3.8) is 0 Å². The van der Waals surface area contributed by atoms with Gasteiger partial charge in [0.2, 0.25) is 0 Å². The van der Waals surface area contributed by atoms with Crippen LogP contribution in [0, 0.1) is 0 Å². The van der Waals surface area contributed by atoms with E-state index in [0.717, 1.165) is 19.6 Å². The van der Waals surface area contributed by atoms with Crippen LogP contribution < -0.4 is 5.32 Å². The predicted octanol–water partition coefficient (Wildman–Crippen LogP) is 2.74. The number of ether oxygens (including phenoxy) is 2. The first-order chi connectivity index (χ1) is 8.26. The molecule has 3 heteroatoms. The first-order valence-electron chi connectivity index (χ1n) is 7.14. The molecule has 1 N–H and O–H groups in total. The molecule has 0 bridgehead atoms. The smallest absolute Gasteiger partial charge is 0.0600 e. The van der Waals surface area contributed by atoms with E-state index in [-0.39, 0.29) is 0 Å². The van der Waals surface area contributed by atoms with Gasteiger partial charge in [-0.15, -0.1) is 0 Å². The van der Waals surface area contributed by atoms with E-state index in [4.69, 9.17) is 9.47 Å². The zero-order valence-corrected chi connectivity index (χ0v) is 11.7. The van der Waals surface area contributed by atoms with Crippen molar-refractivity contribution in [1.82, 2.24) is 5.32 Å². The number of rotatable bonds is 8. The summed E-state index contributed by atoms with van der Waals surface area (Å²) in [7, 11) is 1.81. The molecule has 0 aromatic rings. The van der Waals surface area contributed by atoms with Gasteiger partial charge in [-0.25, -0.2) is 0 Å². The van der Waals surface area contributed by atoms with E-state index < -0.39 is 0 Å². The van der Waals surface area contributed by atoms with Crippen molar-refractivity contribution in [2.45, 2.75) is 70.6 Å². The lowest BCUT2D eigenvalue weighted by Crippen LogP contribution is -2.32. The van der Waals surface area contributed by atoms with Crippen LogP contribution in [0.15, 0.2) is 0 Å². The van der Waals surface area contributed by atoms with Crippen molar-refractivity contribution in [3.8, 4) is 0 Å². The quantitative estimate of drug-likeness (QED) is 0.665. The van der Waals surface area contributed by atoms with Crippen molar-refractivity contribution in [1.29, 1.82) is 0 Å². The van der Waals surface area contributed by atoms with E-state index in [1.54, 1.807) is 7.11 Å². The fraction of sp³-hybridized carbons (Fsp3) is 1.00. The molecule has 17 heavy (non-hydrogen) atoms. The van der Waals surface area contributed by atoms with Crippen LogP contribution in [-0.4, -0.2) is 38.5 Å². The summed E-state index contributed by atoms with van der Waals surface area (Å²) in [5.74, 6) is 0. The number of nitrogens with one attached hydrogen (secondary N) is 1. The Kier molecular flexibility index (Phi) is 7.82.